The Labute approximate surface area is 106 Å². The van der Waals surface area contributed by atoms with Gasteiger partial charge in [0.05, 0.1) is 12.3 Å². The molecule has 0 fully saturated rings. The second kappa shape index (κ2) is 4.64. The first-order valence-corrected chi connectivity index (χ1v) is 6.06. The highest BCUT2D eigenvalue weighted by molar-refractivity contribution is 5.48. The fraction of sp³-hybridized carbons (Fsp3) is 0.286. The molecule has 92 valence electrons. The molecule has 0 saturated heterocycles. The first-order valence-electron chi connectivity index (χ1n) is 6.06. The van der Waals surface area contributed by atoms with Crippen molar-refractivity contribution in [1.29, 1.82) is 0 Å². The van der Waals surface area contributed by atoms with Crippen molar-refractivity contribution in [1.82, 2.24) is 10.2 Å². The molecule has 18 heavy (non-hydrogen) atoms. The summed E-state index contributed by atoms with van der Waals surface area (Å²) in [6.45, 7) is 2.64. The Kier molecular flexibility index (Phi) is 2.84. The lowest BCUT2D eigenvalue weighted by Crippen LogP contribution is -2.09. The molecule has 0 unspecified atom stereocenters. The van der Waals surface area contributed by atoms with E-state index in [0.29, 0.717) is 11.6 Å². The summed E-state index contributed by atoms with van der Waals surface area (Å²) in [5.41, 5.74) is 2.06. The molecular formula is C14H14N2O2. The summed E-state index contributed by atoms with van der Waals surface area (Å²) in [4.78, 5) is 0. The van der Waals surface area contributed by atoms with Gasteiger partial charge in [-0.3, -0.25) is 0 Å². The molecule has 0 radical (unpaired) electrons. The first-order chi connectivity index (χ1) is 8.83. The third-order valence-corrected chi connectivity index (χ3v) is 2.89. The number of fused-ring (bicyclic) bond motifs is 1. The second-order valence-corrected chi connectivity index (χ2v) is 4.31. The Bertz CT molecular complexity index is 552. The monoisotopic (exact) mass is 242 g/mol. The van der Waals surface area contributed by atoms with E-state index in [9.17, 15) is 0 Å². The summed E-state index contributed by atoms with van der Waals surface area (Å²) in [6, 6.07) is 9.63. The van der Waals surface area contributed by atoms with E-state index in [-0.39, 0.29) is 0 Å². The Morgan fingerprint density at radius 1 is 1.17 bits per heavy atom. The SMILES string of the molecule is Cc1ccc(Oc2cccc3c2OCCC3)nn1. The summed E-state index contributed by atoms with van der Waals surface area (Å²) in [7, 11) is 0. The molecule has 0 spiro atoms. The molecule has 1 aliphatic rings. The normalized spacial score (nSPS) is 13.6. The van der Waals surface area contributed by atoms with Gasteiger partial charge < -0.3 is 9.47 Å². The van der Waals surface area contributed by atoms with Crippen molar-refractivity contribution >= 4 is 0 Å². The third-order valence-electron chi connectivity index (χ3n) is 2.89. The predicted molar refractivity (Wildman–Crippen MR) is 67.1 cm³/mol. The highest BCUT2D eigenvalue weighted by Crippen LogP contribution is 2.36. The minimum atomic E-state index is 0.489. The van der Waals surface area contributed by atoms with Crippen LogP contribution in [0.3, 0.4) is 0 Å². The number of nitrogens with zero attached hydrogens (tertiary/aromatic N) is 2. The number of aryl methyl sites for hydroxylation is 2. The molecule has 0 aliphatic carbocycles. The zero-order valence-electron chi connectivity index (χ0n) is 10.2. The molecule has 2 heterocycles. The topological polar surface area (TPSA) is 44.2 Å². The summed E-state index contributed by atoms with van der Waals surface area (Å²) in [6.07, 6.45) is 2.09. The van der Waals surface area contributed by atoms with E-state index in [1.807, 2.05) is 31.2 Å². The van der Waals surface area contributed by atoms with E-state index in [0.717, 1.165) is 30.9 Å². The first kappa shape index (κ1) is 11.0. The van der Waals surface area contributed by atoms with Crippen LogP contribution in [0.15, 0.2) is 30.3 Å². The van der Waals surface area contributed by atoms with Gasteiger partial charge in [-0.15, -0.1) is 5.10 Å². The van der Waals surface area contributed by atoms with Gasteiger partial charge in [0.1, 0.15) is 0 Å². The smallest absolute Gasteiger partial charge is 0.239 e. The Morgan fingerprint density at radius 3 is 2.94 bits per heavy atom. The van der Waals surface area contributed by atoms with Gasteiger partial charge in [0.25, 0.3) is 0 Å². The number of ether oxygens (including phenoxy) is 2. The molecule has 0 N–H and O–H groups in total. The fourth-order valence-electron chi connectivity index (χ4n) is 1.99. The summed E-state index contributed by atoms with van der Waals surface area (Å²) < 4.78 is 11.4. The van der Waals surface area contributed by atoms with E-state index < -0.39 is 0 Å². The van der Waals surface area contributed by atoms with Crippen molar-refractivity contribution in [3.05, 3.63) is 41.6 Å². The zero-order valence-corrected chi connectivity index (χ0v) is 10.2. The average molecular weight is 242 g/mol. The summed E-state index contributed by atoms with van der Waals surface area (Å²) in [5, 5.41) is 7.97. The van der Waals surface area contributed by atoms with Crippen molar-refractivity contribution < 1.29 is 9.47 Å². The molecule has 0 atom stereocenters. The maximum atomic E-state index is 5.73. The van der Waals surface area contributed by atoms with Gasteiger partial charge in [-0.1, -0.05) is 12.1 Å². The minimum absolute atomic E-state index is 0.489. The molecule has 2 aromatic rings. The van der Waals surface area contributed by atoms with Gasteiger partial charge in [0, 0.05) is 6.07 Å². The maximum absolute atomic E-state index is 5.73. The Balaban J connectivity index is 1.90. The van der Waals surface area contributed by atoms with E-state index >= 15 is 0 Å². The van der Waals surface area contributed by atoms with Gasteiger partial charge in [-0.25, -0.2) is 0 Å². The molecule has 1 aromatic heterocycles. The van der Waals surface area contributed by atoms with Crippen LogP contribution >= 0.6 is 0 Å². The number of hydrogen-bond donors (Lipinski definition) is 0. The molecule has 0 amide bonds. The van der Waals surface area contributed by atoms with Crippen LogP contribution in [-0.2, 0) is 6.42 Å². The Hall–Kier alpha value is -2.10. The van der Waals surface area contributed by atoms with Gasteiger partial charge in [0.15, 0.2) is 11.5 Å². The quantitative estimate of drug-likeness (QED) is 0.812. The highest BCUT2D eigenvalue weighted by Gasteiger charge is 2.16. The molecule has 1 aromatic carbocycles. The van der Waals surface area contributed by atoms with Crippen LogP contribution in [0.5, 0.6) is 17.4 Å². The van der Waals surface area contributed by atoms with Crippen molar-refractivity contribution in [2.75, 3.05) is 6.61 Å². The molecule has 0 saturated carbocycles. The zero-order chi connectivity index (χ0) is 12.4. The number of hydrogen-bond acceptors (Lipinski definition) is 4. The lowest BCUT2D eigenvalue weighted by molar-refractivity contribution is 0.274. The maximum Gasteiger partial charge on any atom is 0.239 e. The van der Waals surface area contributed by atoms with Gasteiger partial charge in [-0.05, 0) is 37.5 Å². The van der Waals surface area contributed by atoms with E-state index in [2.05, 4.69) is 16.3 Å². The van der Waals surface area contributed by atoms with Crippen molar-refractivity contribution in [2.45, 2.75) is 19.8 Å². The fourth-order valence-corrected chi connectivity index (χ4v) is 1.99. The molecule has 4 heteroatoms. The van der Waals surface area contributed by atoms with Gasteiger partial charge in [-0.2, -0.15) is 5.10 Å². The summed E-state index contributed by atoms with van der Waals surface area (Å²) >= 11 is 0. The molecule has 0 bridgehead atoms. The highest BCUT2D eigenvalue weighted by atomic mass is 16.5. The lowest BCUT2D eigenvalue weighted by Gasteiger charge is -2.19. The van der Waals surface area contributed by atoms with Crippen LogP contribution < -0.4 is 9.47 Å². The standard InChI is InChI=1S/C14H14N2O2/c1-10-7-8-13(16-15-10)18-12-6-2-4-11-5-3-9-17-14(11)12/h2,4,6-8H,3,5,9H2,1H3. The number of rotatable bonds is 2. The molecule has 1 aliphatic heterocycles. The van der Waals surface area contributed by atoms with Crippen LogP contribution in [-0.4, -0.2) is 16.8 Å². The van der Waals surface area contributed by atoms with Crippen LogP contribution in [0.1, 0.15) is 17.7 Å². The van der Waals surface area contributed by atoms with Gasteiger partial charge in [0.2, 0.25) is 5.88 Å². The Morgan fingerprint density at radius 2 is 2.11 bits per heavy atom. The van der Waals surface area contributed by atoms with Crippen molar-refractivity contribution in [3.63, 3.8) is 0 Å². The van der Waals surface area contributed by atoms with Crippen LogP contribution in [0.25, 0.3) is 0 Å². The van der Waals surface area contributed by atoms with Crippen LogP contribution in [0, 0.1) is 6.92 Å². The second-order valence-electron chi connectivity index (χ2n) is 4.31. The number of para-hydroxylation sites is 1. The third kappa shape index (κ3) is 2.14. The molecule has 4 nitrogen and oxygen atoms in total. The number of benzene rings is 1. The van der Waals surface area contributed by atoms with Gasteiger partial charge >= 0.3 is 0 Å². The minimum Gasteiger partial charge on any atom is -0.489 e. The van der Waals surface area contributed by atoms with E-state index in [1.54, 1.807) is 0 Å². The predicted octanol–water partition coefficient (Wildman–Crippen LogP) is 2.90. The van der Waals surface area contributed by atoms with Crippen LogP contribution in [0.2, 0.25) is 0 Å². The lowest BCUT2D eigenvalue weighted by atomic mass is 10.1. The summed E-state index contributed by atoms with van der Waals surface area (Å²) in [5.74, 6) is 2.04. The van der Waals surface area contributed by atoms with Crippen molar-refractivity contribution in [3.8, 4) is 17.4 Å². The molecular weight excluding hydrogens is 228 g/mol. The van der Waals surface area contributed by atoms with Crippen molar-refractivity contribution in [2.24, 2.45) is 0 Å². The average Bonchev–Trinajstić information content (AvgIpc) is 2.42. The van der Waals surface area contributed by atoms with E-state index in [4.69, 9.17) is 9.47 Å². The largest absolute Gasteiger partial charge is 0.489 e. The number of aromatic nitrogens is 2. The van der Waals surface area contributed by atoms with Crippen LogP contribution in [0.4, 0.5) is 0 Å². The molecule has 3 rings (SSSR count). The van der Waals surface area contributed by atoms with E-state index in [1.165, 1.54) is 5.56 Å².